The second-order valence-corrected chi connectivity index (χ2v) is 8.92. The Balaban J connectivity index is 1.94. The van der Waals surface area contributed by atoms with E-state index >= 15 is 0 Å². The predicted octanol–water partition coefficient (Wildman–Crippen LogP) is 1.24. The first-order valence-corrected chi connectivity index (χ1v) is 11.6. The molecule has 2 aromatic rings. The van der Waals surface area contributed by atoms with Gasteiger partial charge in [0.05, 0.1) is 24.5 Å². The van der Waals surface area contributed by atoms with Crippen molar-refractivity contribution in [3.8, 4) is 0 Å². The number of carbonyl (C=O) groups is 4. The highest BCUT2D eigenvalue weighted by Gasteiger charge is 2.36. The van der Waals surface area contributed by atoms with E-state index in [1.807, 2.05) is 0 Å². The van der Waals surface area contributed by atoms with Gasteiger partial charge in [0, 0.05) is 30.9 Å². The van der Waals surface area contributed by atoms with E-state index in [9.17, 15) is 39.6 Å². The lowest BCUT2D eigenvalue weighted by Crippen LogP contribution is -2.55. The van der Waals surface area contributed by atoms with E-state index in [1.54, 1.807) is 15.9 Å². The molecule has 1 saturated carbocycles. The van der Waals surface area contributed by atoms with Gasteiger partial charge in [0.1, 0.15) is 5.69 Å². The van der Waals surface area contributed by atoms with Crippen LogP contribution in [0.1, 0.15) is 58.0 Å². The zero-order valence-electron chi connectivity index (χ0n) is 20.0. The maximum absolute atomic E-state index is 11.8. The van der Waals surface area contributed by atoms with Crippen LogP contribution in [0.15, 0.2) is 30.3 Å². The molecule has 6 N–H and O–H groups in total. The number of aromatic nitrogens is 2. The number of nitrogen functional groups attached to an aromatic ring is 1. The molecule has 0 aliphatic heterocycles. The molecule has 0 radical (unpaired) electrons. The molecule has 2 atom stereocenters. The minimum absolute atomic E-state index is 0.00749. The Labute approximate surface area is 212 Å². The van der Waals surface area contributed by atoms with Gasteiger partial charge in [-0.2, -0.15) is 0 Å². The molecule has 3 rings (SSSR count). The van der Waals surface area contributed by atoms with Gasteiger partial charge in [-0.1, -0.05) is 18.9 Å². The van der Waals surface area contributed by atoms with Crippen LogP contribution in [0, 0.1) is 0 Å². The van der Waals surface area contributed by atoms with Crippen molar-refractivity contribution in [2.45, 2.75) is 50.9 Å². The van der Waals surface area contributed by atoms with Gasteiger partial charge in [-0.05, 0) is 37.1 Å². The van der Waals surface area contributed by atoms with Gasteiger partial charge in [0.2, 0.25) is 0 Å². The molecular formula is C24H29N5O8. The van der Waals surface area contributed by atoms with Crippen LogP contribution >= 0.6 is 0 Å². The number of rotatable bonds is 12. The second kappa shape index (κ2) is 12.2. The number of aliphatic carboxylic acids is 2. The largest absolute Gasteiger partial charge is 0.480 e. The average Bonchev–Trinajstić information content (AvgIpc) is 2.82. The number of anilines is 1. The molecule has 0 saturated heterocycles. The van der Waals surface area contributed by atoms with Crippen molar-refractivity contribution in [3.63, 3.8) is 0 Å². The van der Waals surface area contributed by atoms with Crippen molar-refractivity contribution in [1.82, 2.24) is 19.8 Å². The fourth-order valence-electron chi connectivity index (χ4n) is 4.78. The highest BCUT2D eigenvalue weighted by atomic mass is 16.4. The number of aromatic carboxylic acids is 2. The summed E-state index contributed by atoms with van der Waals surface area (Å²) in [6.45, 7) is -0.698. The van der Waals surface area contributed by atoms with Crippen LogP contribution in [0.3, 0.4) is 0 Å². The van der Waals surface area contributed by atoms with Gasteiger partial charge in [-0.3, -0.25) is 19.4 Å². The minimum atomic E-state index is -1.27. The third-order valence-electron chi connectivity index (χ3n) is 6.18. The van der Waals surface area contributed by atoms with Crippen molar-refractivity contribution in [3.05, 3.63) is 53.1 Å². The monoisotopic (exact) mass is 515 g/mol. The van der Waals surface area contributed by atoms with Crippen LogP contribution in [0.2, 0.25) is 0 Å². The topological polar surface area (TPSA) is 207 Å². The molecule has 198 valence electrons. The summed E-state index contributed by atoms with van der Waals surface area (Å²) >= 11 is 0. The molecule has 2 aromatic heterocycles. The summed E-state index contributed by atoms with van der Waals surface area (Å²) in [5, 5.41) is 37.8. The van der Waals surface area contributed by atoms with E-state index in [4.69, 9.17) is 5.73 Å². The van der Waals surface area contributed by atoms with Gasteiger partial charge in [-0.25, -0.2) is 19.6 Å². The average molecular weight is 516 g/mol. The number of hydrogen-bond donors (Lipinski definition) is 5. The molecular weight excluding hydrogens is 486 g/mol. The Kier molecular flexibility index (Phi) is 9.09. The SMILES string of the molecule is Nc1cc(CN(CC(=O)O)C2CCCCC2N(CC(=O)O)Cc2cccc(C(=O)O)n2)nc(C(=O)O)c1. The van der Waals surface area contributed by atoms with Crippen molar-refractivity contribution in [2.75, 3.05) is 18.8 Å². The highest BCUT2D eigenvalue weighted by molar-refractivity contribution is 5.86. The normalized spacial score (nSPS) is 17.6. The fourth-order valence-corrected chi connectivity index (χ4v) is 4.78. The predicted molar refractivity (Wildman–Crippen MR) is 129 cm³/mol. The number of hydrogen-bond acceptors (Lipinski definition) is 9. The summed E-state index contributed by atoms with van der Waals surface area (Å²) in [4.78, 5) is 57.8. The number of nitrogens with two attached hydrogens (primary N) is 1. The molecule has 0 amide bonds. The molecule has 2 heterocycles. The first kappa shape index (κ1) is 27.5. The lowest BCUT2D eigenvalue weighted by Gasteiger charge is -2.44. The zero-order chi connectivity index (χ0) is 27.1. The van der Waals surface area contributed by atoms with E-state index in [-0.39, 0.29) is 55.0 Å². The molecule has 0 spiro atoms. The van der Waals surface area contributed by atoms with Gasteiger partial charge in [0.25, 0.3) is 0 Å². The lowest BCUT2D eigenvalue weighted by molar-refractivity contribution is -0.143. The van der Waals surface area contributed by atoms with Crippen molar-refractivity contribution in [1.29, 1.82) is 0 Å². The molecule has 13 heteroatoms. The van der Waals surface area contributed by atoms with Gasteiger partial charge in [0.15, 0.2) is 5.69 Å². The minimum Gasteiger partial charge on any atom is -0.480 e. The molecule has 1 fully saturated rings. The Morgan fingerprint density at radius 1 is 0.784 bits per heavy atom. The number of carboxylic acid groups (broad SMARTS) is 4. The lowest BCUT2D eigenvalue weighted by atomic mass is 9.87. The molecule has 2 unspecified atom stereocenters. The van der Waals surface area contributed by atoms with Crippen LogP contribution in [-0.4, -0.2) is 89.2 Å². The summed E-state index contributed by atoms with van der Waals surface area (Å²) in [6, 6.07) is 6.39. The smallest absolute Gasteiger partial charge is 0.354 e. The standard InChI is InChI=1S/C24H29N5O8/c25-14-8-16(27-18(9-14)24(36)37)11-29(13-22(32)33)20-7-2-1-6-19(20)28(12-21(30)31)10-15-4-3-5-17(26-15)23(34)35/h3-5,8-9,19-20H,1-2,6-7,10-13H2,(H2,25,27)(H,30,31)(H,32,33)(H,34,35)(H,36,37). The van der Waals surface area contributed by atoms with Crippen LogP contribution in [0.4, 0.5) is 5.69 Å². The van der Waals surface area contributed by atoms with E-state index in [0.717, 1.165) is 12.8 Å². The first-order valence-electron chi connectivity index (χ1n) is 11.6. The third kappa shape index (κ3) is 7.69. The van der Waals surface area contributed by atoms with E-state index < -0.39 is 29.9 Å². The molecule has 13 nitrogen and oxygen atoms in total. The van der Waals surface area contributed by atoms with Gasteiger partial charge >= 0.3 is 23.9 Å². The quantitative estimate of drug-likeness (QED) is 0.270. The van der Waals surface area contributed by atoms with Gasteiger partial charge < -0.3 is 26.2 Å². The molecule has 37 heavy (non-hydrogen) atoms. The summed E-state index contributed by atoms with van der Waals surface area (Å²) in [7, 11) is 0. The zero-order valence-corrected chi connectivity index (χ0v) is 20.0. The Morgan fingerprint density at radius 2 is 1.30 bits per heavy atom. The van der Waals surface area contributed by atoms with Crippen molar-refractivity contribution < 1.29 is 39.6 Å². The number of carboxylic acids is 4. The summed E-state index contributed by atoms with van der Waals surface area (Å²) in [5.74, 6) is -4.66. The molecule has 0 bridgehead atoms. The van der Waals surface area contributed by atoms with Crippen molar-refractivity contribution >= 4 is 29.6 Å². The Hall–Kier alpha value is -4.10. The van der Waals surface area contributed by atoms with Crippen molar-refractivity contribution in [2.24, 2.45) is 0 Å². The maximum atomic E-state index is 11.8. The first-order chi connectivity index (χ1) is 17.5. The Morgan fingerprint density at radius 3 is 1.81 bits per heavy atom. The summed E-state index contributed by atoms with van der Waals surface area (Å²) in [5.41, 5.74) is 6.25. The Bertz CT molecular complexity index is 1170. The summed E-state index contributed by atoms with van der Waals surface area (Å²) in [6.07, 6.45) is 2.73. The maximum Gasteiger partial charge on any atom is 0.354 e. The molecule has 1 aliphatic rings. The molecule has 0 aromatic carbocycles. The fraction of sp³-hybridized carbons (Fsp3) is 0.417. The molecule has 1 aliphatic carbocycles. The van der Waals surface area contributed by atoms with E-state index in [1.165, 1.54) is 24.3 Å². The highest BCUT2D eigenvalue weighted by Crippen LogP contribution is 2.29. The summed E-state index contributed by atoms with van der Waals surface area (Å²) < 4.78 is 0. The van der Waals surface area contributed by atoms with E-state index in [0.29, 0.717) is 18.5 Å². The number of nitrogens with zero attached hydrogens (tertiary/aromatic N) is 4. The van der Waals surface area contributed by atoms with Crippen LogP contribution in [0.5, 0.6) is 0 Å². The van der Waals surface area contributed by atoms with Gasteiger partial charge in [-0.15, -0.1) is 0 Å². The van der Waals surface area contributed by atoms with Crippen LogP contribution < -0.4 is 5.73 Å². The van der Waals surface area contributed by atoms with E-state index in [2.05, 4.69) is 9.97 Å². The third-order valence-corrected chi connectivity index (χ3v) is 6.18. The van der Waals surface area contributed by atoms with Crippen LogP contribution in [-0.2, 0) is 22.7 Å². The number of pyridine rings is 2. The van der Waals surface area contributed by atoms with Crippen LogP contribution in [0.25, 0.3) is 0 Å². The second-order valence-electron chi connectivity index (χ2n) is 8.92.